The van der Waals surface area contributed by atoms with Gasteiger partial charge in [0.05, 0.1) is 11.1 Å². The number of rotatable bonds is 3. The summed E-state index contributed by atoms with van der Waals surface area (Å²) in [4.78, 5) is 42.0. The topological polar surface area (TPSA) is 88.1 Å². The van der Waals surface area contributed by atoms with E-state index in [4.69, 9.17) is 0 Å². The fourth-order valence-electron chi connectivity index (χ4n) is 4.42. The van der Waals surface area contributed by atoms with Gasteiger partial charge in [-0.25, -0.2) is 15.0 Å². The molecule has 0 bridgehead atoms. The van der Waals surface area contributed by atoms with Crippen molar-refractivity contribution in [2.24, 2.45) is 0 Å². The lowest BCUT2D eigenvalue weighted by Crippen LogP contribution is -2.51. The van der Waals surface area contributed by atoms with Crippen LogP contribution in [0.1, 0.15) is 40.7 Å². The average Bonchev–Trinajstić information content (AvgIpc) is 3.34. The molecule has 8 heteroatoms. The second-order valence-corrected chi connectivity index (χ2v) is 8.63. The number of fused-ring (bicyclic) bond motifs is 2. The van der Waals surface area contributed by atoms with Gasteiger partial charge in [-0.1, -0.05) is 25.1 Å². The van der Waals surface area contributed by atoms with Crippen LogP contribution < -0.4 is 5.32 Å². The number of anilines is 1. The van der Waals surface area contributed by atoms with Crippen molar-refractivity contribution >= 4 is 28.8 Å². The monoisotopic (exact) mass is 419 g/mol. The molecule has 2 aromatic heterocycles. The molecule has 152 valence electrons. The van der Waals surface area contributed by atoms with Crippen LogP contribution in [0.4, 0.5) is 5.69 Å². The zero-order valence-corrected chi connectivity index (χ0v) is 17.4. The molecule has 1 fully saturated rings. The summed E-state index contributed by atoms with van der Waals surface area (Å²) in [7, 11) is 0. The number of amides is 2. The number of aromatic nitrogens is 3. The number of nitrogens with zero attached hydrogens (tertiary/aromatic N) is 4. The van der Waals surface area contributed by atoms with Crippen LogP contribution in [0.2, 0.25) is 0 Å². The molecule has 2 amide bonds. The normalized spacial score (nSPS) is 20.3. The average molecular weight is 420 g/mol. The molecular formula is C22H21N5O2S. The molecule has 3 aromatic rings. The number of likely N-dealkylation sites (tertiary alicyclic amines) is 1. The first-order chi connectivity index (χ1) is 14.6. The highest BCUT2D eigenvalue weighted by molar-refractivity contribution is 7.17. The smallest absolute Gasteiger partial charge is 0.265 e. The van der Waals surface area contributed by atoms with E-state index in [0.29, 0.717) is 35.2 Å². The maximum Gasteiger partial charge on any atom is 0.265 e. The first-order valence-corrected chi connectivity index (χ1v) is 10.9. The van der Waals surface area contributed by atoms with E-state index in [1.165, 1.54) is 11.3 Å². The highest BCUT2D eigenvalue weighted by Gasteiger charge is 2.50. The van der Waals surface area contributed by atoms with Gasteiger partial charge in [-0.2, -0.15) is 0 Å². The second-order valence-electron chi connectivity index (χ2n) is 7.63. The number of aryl methyl sites for hydroxylation is 1. The minimum Gasteiger partial charge on any atom is -0.336 e. The Morgan fingerprint density at radius 3 is 2.83 bits per heavy atom. The standard InChI is InChI=1S/C22H21N5O2S/c1-2-15-17(30-19(25-15)18-23-10-6-11-24-18)20(28)27-12-5-9-22(13-27)14-7-3-4-8-16(14)26-21(22)29/h3-4,6-8,10-11H,2,5,9,12-13H2,1H3,(H,26,29). The van der Waals surface area contributed by atoms with Crippen molar-refractivity contribution in [3.8, 4) is 10.8 Å². The summed E-state index contributed by atoms with van der Waals surface area (Å²) in [6.45, 7) is 3.00. The summed E-state index contributed by atoms with van der Waals surface area (Å²) in [5.41, 5.74) is 1.93. The molecule has 1 aromatic carbocycles. The summed E-state index contributed by atoms with van der Waals surface area (Å²) >= 11 is 1.33. The maximum absolute atomic E-state index is 13.5. The molecule has 0 aliphatic carbocycles. The molecule has 2 aliphatic heterocycles. The Balaban J connectivity index is 1.48. The molecule has 1 saturated heterocycles. The lowest BCUT2D eigenvalue weighted by molar-refractivity contribution is -0.122. The Hall–Kier alpha value is -3.13. The van der Waals surface area contributed by atoms with Gasteiger partial charge in [0.1, 0.15) is 4.88 Å². The minimum atomic E-state index is -0.674. The first-order valence-electron chi connectivity index (χ1n) is 10.1. The van der Waals surface area contributed by atoms with E-state index < -0.39 is 5.41 Å². The summed E-state index contributed by atoms with van der Waals surface area (Å²) in [5.74, 6) is 0.442. The zero-order valence-electron chi connectivity index (χ0n) is 16.6. The van der Waals surface area contributed by atoms with Crippen molar-refractivity contribution < 1.29 is 9.59 Å². The summed E-state index contributed by atoms with van der Waals surface area (Å²) in [6, 6.07) is 9.54. The van der Waals surface area contributed by atoms with Crippen LogP contribution in [-0.2, 0) is 16.6 Å². The van der Waals surface area contributed by atoms with Crippen molar-refractivity contribution in [1.82, 2.24) is 19.9 Å². The summed E-state index contributed by atoms with van der Waals surface area (Å²) in [5, 5.41) is 3.65. The van der Waals surface area contributed by atoms with E-state index in [1.807, 2.05) is 36.1 Å². The van der Waals surface area contributed by atoms with E-state index in [2.05, 4.69) is 20.3 Å². The van der Waals surface area contributed by atoms with E-state index in [9.17, 15) is 9.59 Å². The van der Waals surface area contributed by atoms with Gasteiger partial charge in [0.2, 0.25) is 5.91 Å². The third kappa shape index (κ3) is 2.90. The Labute approximate surface area is 178 Å². The SMILES string of the molecule is CCc1nc(-c2ncccn2)sc1C(=O)N1CCCC2(C1)C(=O)Nc1ccccc12. The van der Waals surface area contributed by atoms with Gasteiger partial charge in [-0.15, -0.1) is 11.3 Å². The third-order valence-corrected chi connectivity index (χ3v) is 6.97. The molecule has 1 N–H and O–H groups in total. The molecule has 0 saturated carbocycles. The van der Waals surface area contributed by atoms with Gasteiger partial charge in [0, 0.05) is 31.2 Å². The number of benzene rings is 1. The Morgan fingerprint density at radius 1 is 1.23 bits per heavy atom. The molecule has 1 atom stereocenters. The van der Waals surface area contributed by atoms with Gasteiger partial charge < -0.3 is 10.2 Å². The number of nitrogens with one attached hydrogen (secondary N) is 1. The van der Waals surface area contributed by atoms with Gasteiger partial charge in [0.25, 0.3) is 5.91 Å². The van der Waals surface area contributed by atoms with Crippen LogP contribution in [0.25, 0.3) is 10.8 Å². The van der Waals surface area contributed by atoms with Crippen molar-refractivity contribution in [2.75, 3.05) is 18.4 Å². The van der Waals surface area contributed by atoms with Crippen LogP contribution in [0, 0.1) is 0 Å². The number of thiazole rings is 1. The predicted octanol–water partition coefficient (Wildman–Crippen LogP) is 3.29. The number of piperidine rings is 1. The summed E-state index contributed by atoms with van der Waals surface area (Å²) < 4.78 is 0. The van der Waals surface area contributed by atoms with E-state index in [-0.39, 0.29) is 11.8 Å². The minimum absolute atomic E-state index is 0.0143. The molecule has 4 heterocycles. The molecule has 7 nitrogen and oxygen atoms in total. The highest BCUT2D eigenvalue weighted by atomic mass is 32.1. The van der Waals surface area contributed by atoms with Crippen LogP contribution in [-0.4, -0.2) is 44.8 Å². The predicted molar refractivity (Wildman–Crippen MR) is 114 cm³/mol. The molecule has 2 aliphatic rings. The fourth-order valence-corrected chi connectivity index (χ4v) is 5.49. The van der Waals surface area contributed by atoms with Crippen LogP contribution in [0.3, 0.4) is 0 Å². The quantitative estimate of drug-likeness (QED) is 0.704. The molecule has 1 spiro atoms. The molecule has 0 radical (unpaired) electrons. The Kier molecular flexibility index (Phi) is 4.58. The molecule has 5 rings (SSSR count). The number of para-hydroxylation sites is 1. The van der Waals surface area contributed by atoms with Gasteiger partial charge in [-0.3, -0.25) is 9.59 Å². The lowest BCUT2D eigenvalue weighted by atomic mass is 9.75. The van der Waals surface area contributed by atoms with Crippen LogP contribution in [0.15, 0.2) is 42.7 Å². The Bertz CT molecular complexity index is 1130. The van der Waals surface area contributed by atoms with Crippen molar-refractivity contribution in [3.63, 3.8) is 0 Å². The number of carbonyl (C=O) groups excluding carboxylic acids is 2. The second kappa shape index (κ2) is 7.28. The number of hydrogen-bond acceptors (Lipinski definition) is 6. The van der Waals surface area contributed by atoms with Crippen molar-refractivity contribution in [1.29, 1.82) is 0 Å². The maximum atomic E-state index is 13.5. The van der Waals surface area contributed by atoms with E-state index in [0.717, 1.165) is 29.8 Å². The molecule has 1 unspecified atom stereocenters. The van der Waals surface area contributed by atoms with Crippen LogP contribution >= 0.6 is 11.3 Å². The fraction of sp³-hybridized carbons (Fsp3) is 0.318. The van der Waals surface area contributed by atoms with Crippen molar-refractivity contribution in [3.05, 3.63) is 58.9 Å². The molecular weight excluding hydrogens is 398 g/mol. The number of carbonyl (C=O) groups is 2. The lowest BCUT2D eigenvalue weighted by Gasteiger charge is -2.39. The summed E-state index contributed by atoms with van der Waals surface area (Å²) in [6.07, 6.45) is 5.50. The third-order valence-electron chi connectivity index (χ3n) is 5.89. The molecule has 30 heavy (non-hydrogen) atoms. The van der Waals surface area contributed by atoms with Gasteiger partial charge >= 0.3 is 0 Å². The van der Waals surface area contributed by atoms with Crippen molar-refractivity contribution in [2.45, 2.75) is 31.6 Å². The van der Waals surface area contributed by atoms with Crippen LogP contribution in [0.5, 0.6) is 0 Å². The highest BCUT2D eigenvalue weighted by Crippen LogP contribution is 2.44. The van der Waals surface area contributed by atoms with Gasteiger partial charge in [-0.05, 0) is 37.0 Å². The zero-order chi connectivity index (χ0) is 20.7. The Morgan fingerprint density at radius 2 is 2.03 bits per heavy atom. The van der Waals surface area contributed by atoms with E-state index >= 15 is 0 Å². The number of hydrogen-bond donors (Lipinski definition) is 1. The van der Waals surface area contributed by atoms with Gasteiger partial charge in [0.15, 0.2) is 10.8 Å². The van der Waals surface area contributed by atoms with E-state index in [1.54, 1.807) is 18.5 Å². The largest absolute Gasteiger partial charge is 0.336 e. The first kappa shape index (κ1) is 18.9.